The number of rotatable bonds is 3. The highest BCUT2D eigenvalue weighted by Gasteiger charge is 2.62. The SMILES string of the molecule is CC(CN1C(=O)NC(=O)C2(CC2)C1=O)N(C)C. The minimum atomic E-state index is -0.931. The first-order valence-electron chi connectivity index (χ1n) is 5.72. The smallest absolute Gasteiger partial charge is 0.305 e. The normalized spacial score (nSPS) is 24.2. The van der Waals surface area contributed by atoms with Gasteiger partial charge in [0.1, 0.15) is 5.41 Å². The number of carbonyl (C=O) groups is 3. The van der Waals surface area contributed by atoms with Crippen molar-refractivity contribution in [3.8, 4) is 0 Å². The van der Waals surface area contributed by atoms with Crippen LogP contribution in [0.15, 0.2) is 0 Å². The molecule has 94 valence electrons. The Morgan fingerprint density at radius 1 is 1.35 bits per heavy atom. The second kappa shape index (κ2) is 3.80. The Morgan fingerprint density at radius 3 is 2.41 bits per heavy atom. The van der Waals surface area contributed by atoms with E-state index in [-0.39, 0.29) is 11.9 Å². The summed E-state index contributed by atoms with van der Waals surface area (Å²) in [6.45, 7) is 2.24. The lowest BCUT2D eigenvalue weighted by Crippen LogP contribution is -2.61. The van der Waals surface area contributed by atoms with E-state index >= 15 is 0 Å². The molecule has 1 aliphatic carbocycles. The summed E-state index contributed by atoms with van der Waals surface area (Å²) in [4.78, 5) is 38.4. The summed E-state index contributed by atoms with van der Waals surface area (Å²) in [5, 5.41) is 2.27. The molecule has 2 fully saturated rings. The monoisotopic (exact) mass is 239 g/mol. The van der Waals surface area contributed by atoms with E-state index in [1.807, 2.05) is 25.9 Å². The average Bonchev–Trinajstić information content (AvgIpc) is 3.03. The molecule has 1 heterocycles. The van der Waals surface area contributed by atoms with E-state index in [0.29, 0.717) is 19.4 Å². The highest BCUT2D eigenvalue weighted by molar-refractivity contribution is 6.20. The van der Waals surface area contributed by atoms with Crippen LogP contribution in [0.25, 0.3) is 0 Å². The molecule has 0 radical (unpaired) electrons. The summed E-state index contributed by atoms with van der Waals surface area (Å²) in [5.41, 5.74) is -0.931. The van der Waals surface area contributed by atoms with E-state index in [4.69, 9.17) is 0 Å². The van der Waals surface area contributed by atoms with Crippen LogP contribution in [0, 0.1) is 5.41 Å². The number of amides is 4. The number of likely N-dealkylation sites (N-methyl/N-ethyl adjacent to an activating group) is 1. The van der Waals surface area contributed by atoms with Crippen LogP contribution in [-0.4, -0.2) is 54.3 Å². The van der Waals surface area contributed by atoms with Crippen LogP contribution in [0.5, 0.6) is 0 Å². The maximum Gasteiger partial charge on any atom is 0.330 e. The Morgan fingerprint density at radius 2 is 1.94 bits per heavy atom. The zero-order valence-corrected chi connectivity index (χ0v) is 10.3. The number of hydrogen-bond acceptors (Lipinski definition) is 4. The van der Waals surface area contributed by atoms with E-state index in [0.717, 1.165) is 0 Å². The Bertz CT molecular complexity index is 387. The molecule has 2 rings (SSSR count). The van der Waals surface area contributed by atoms with Gasteiger partial charge in [-0.15, -0.1) is 0 Å². The van der Waals surface area contributed by atoms with E-state index in [1.165, 1.54) is 4.90 Å². The first-order valence-corrected chi connectivity index (χ1v) is 5.72. The van der Waals surface area contributed by atoms with Crippen molar-refractivity contribution in [2.45, 2.75) is 25.8 Å². The number of carbonyl (C=O) groups excluding carboxylic acids is 3. The van der Waals surface area contributed by atoms with Gasteiger partial charge < -0.3 is 4.90 Å². The van der Waals surface area contributed by atoms with Gasteiger partial charge in [-0.05, 0) is 33.9 Å². The molecule has 1 N–H and O–H groups in total. The van der Waals surface area contributed by atoms with Gasteiger partial charge in [-0.3, -0.25) is 19.8 Å². The van der Waals surface area contributed by atoms with Crippen molar-refractivity contribution in [3.63, 3.8) is 0 Å². The molecule has 1 aliphatic heterocycles. The largest absolute Gasteiger partial charge is 0.330 e. The van der Waals surface area contributed by atoms with Gasteiger partial charge in [0.25, 0.3) is 0 Å². The van der Waals surface area contributed by atoms with Gasteiger partial charge in [0.15, 0.2) is 0 Å². The summed E-state index contributed by atoms with van der Waals surface area (Å²) in [7, 11) is 3.77. The third-order valence-electron chi connectivity index (χ3n) is 3.63. The minimum Gasteiger partial charge on any atom is -0.305 e. The fourth-order valence-corrected chi connectivity index (χ4v) is 1.89. The molecule has 1 unspecified atom stereocenters. The van der Waals surface area contributed by atoms with Crippen LogP contribution in [0.4, 0.5) is 4.79 Å². The predicted molar refractivity (Wildman–Crippen MR) is 60.1 cm³/mol. The number of barbiturate groups is 1. The number of hydrogen-bond donors (Lipinski definition) is 1. The molecule has 0 aromatic rings. The predicted octanol–water partition coefficient (Wildman–Crippen LogP) is -0.205. The Balaban J connectivity index is 2.14. The number of imide groups is 2. The fourth-order valence-electron chi connectivity index (χ4n) is 1.89. The Hall–Kier alpha value is -1.43. The van der Waals surface area contributed by atoms with Gasteiger partial charge in [-0.2, -0.15) is 0 Å². The molecule has 0 bridgehead atoms. The number of nitrogens with zero attached hydrogens (tertiary/aromatic N) is 2. The zero-order chi connectivity index (χ0) is 12.8. The highest BCUT2D eigenvalue weighted by atomic mass is 16.2. The standard InChI is InChI=1S/C11H17N3O3/c1-7(13(2)3)6-14-9(16)11(4-5-11)8(15)12-10(14)17/h7H,4-6H2,1-3H3,(H,12,15,17). The molecular weight excluding hydrogens is 222 g/mol. The molecule has 1 saturated heterocycles. The Kier molecular flexibility index (Phi) is 2.69. The molecule has 6 heteroatoms. The summed E-state index contributed by atoms with van der Waals surface area (Å²) in [5.74, 6) is -0.763. The van der Waals surface area contributed by atoms with Crippen molar-refractivity contribution in [1.82, 2.24) is 15.1 Å². The zero-order valence-electron chi connectivity index (χ0n) is 10.3. The molecule has 2 aliphatic rings. The minimum absolute atomic E-state index is 0.0636. The van der Waals surface area contributed by atoms with Crippen molar-refractivity contribution in [3.05, 3.63) is 0 Å². The van der Waals surface area contributed by atoms with Crippen LogP contribution < -0.4 is 5.32 Å². The maximum absolute atomic E-state index is 12.1. The quantitative estimate of drug-likeness (QED) is 0.692. The van der Waals surface area contributed by atoms with E-state index < -0.39 is 17.4 Å². The second-order valence-electron chi connectivity index (χ2n) is 5.07. The first-order chi connectivity index (χ1) is 7.88. The van der Waals surface area contributed by atoms with Crippen molar-refractivity contribution >= 4 is 17.8 Å². The van der Waals surface area contributed by atoms with Gasteiger partial charge in [0.2, 0.25) is 11.8 Å². The molecular formula is C11H17N3O3. The molecule has 17 heavy (non-hydrogen) atoms. The summed E-state index contributed by atoms with van der Waals surface area (Å²) in [6.07, 6.45) is 1.11. The molecule has 0 aromatic carbocycles. The van der Waals surface area contributed by atoms with Crippen molar-refractivity contribution in [2.75, 3.05) is 20.6 Å². The van der Waals surface area contributed by atoms with E-state index in [1.54, 1.807) is 0 Å². The third kappa shape index (κ3) is 1.82. The summed E-state index contributed by atoms with van der Waals surface area (Å²) < 4.78 is 0. The van der Waals surface area contributed by atoms with Crippen LogP contribution in [0.3, 0.4) is 0 Å². The lowest BCUT2D eigenvalue weighted by atomic mass is 10.0. The topological polar surface area (TPSA) is 69.7 Å². The molecule has 1 spiro atoms. The summed E-state index contributed by atoms with van der Waals surface area (Å²) >= 11 is 0. The lowest BCUT2D eigenvalue weighted by molar-refractivity contribution is -0.145. The van der Waals surface area contributed by atoms with Crippen LogP contribution in [0.1, 0.15) is 19.8 Å². The van der Waals surface area contributed by atoms with Gasteiger partial charge >= 0.3 is 6.03 Å². The molecule has 6 nitrogen and oxygen atoms in total. The van der Waals surface area contributed by atoms with Crippen molar-refractivity contribution in [1.29, 1.82) is 0 Å². The van der Waals surface area contributed by atoms with Gasteiger partial charge in [0, 0.05) is 12.6 Å². The van der Waals surface area contributed by atoms with Crippen LogP contribution in [0.2, 0.25) is 0 Å². The lowest BCUT2D eigenvalue weighted by Gasteiger charge is -2.33. The van der Waals surface area contributed by atoms with Crippen LogP contribution >= 0.6 is 0 Å². The van der Waals surface area contributed by atoms with Gasteiger partial charge in [0.05, 0.1) is 0 Å². The molecule has 1 saturated carbocycles. The summed E-state index contributed by atoms with van der Waals surface area (Å²) in [6, 6.07) is -0.528. The fraction of sp³-hybridized carbons (Fsp3) is 0.727. The molecule has 0 aromatic heterocycles. The second-order valence-corrected chi connectivity index (χ2v) is 5.07. The Labute approximate surface area is 99.9 Å². The van der Waals surface area contributed by atoms with E-state index in [2.05, 4.69) is 5.32 Å². The van der Waals surface area contributed by atoms with Gasteiger partial charge in [-0.25, -0.2) is 4.79 Å². The first kappa shape index (κ1) is 12.0. The number of urea groups is 1. The van der Waals surface area contributed by atoms with Gasteiger partial charge in [-0.1, -0.05) is 0 Å². The van der Waals surface area contributed by atoms with Crippen molar-refractivity contribution in [2.24, 2.45) is 5.41 Å². The third-order valence-corrected chi connectivity index (χ3v) is 3.63. The maximum atomic E-state index is 12.1. The highest BCUT2D eigenvalue weighted by Crippen LogP contribution is 2.48. The van der Waals surface area contributed by atoms with Crippen molar-refractivity contribution < 1.29 is 14.4 Å². The molecule has 1 atom stereocenters. The molecule has 4 amide bonds. The van der Waals surface area contributed by atoms with Crippen LogP contribution in [-0.2, 0) is 9.59 Å². The van der Waals surface area contributed by atoms with E-state index in [9.17, 15) is 14.4 Å². The average molecular weight is 239 g/mol. The number of nitrogens with one attached hydrogen (secondary N) is 1.